The van der Waals surface area contributed by atoms with Crippen LogP contribution in [0.4, 0.5) is 0 Å². The van der Waals surface area contributed by atoms with E-state index < -0.39 is 23.3 Å². The highest BCUT2D eigenvalue weighted by Crippen LogP contribution is 2.39. The quantitative estimate of drug-likeness (QED) is 0.678. The Bertz CT molecular complexity index is 1010. The van der Waals surface area contributed by atoms with Gasteiger partial charge in [-0.3, -0.25) is 4.79 Å². The molecule has 3 rings (SSSR count). The van der Waals surface area contributed by atoms with Gasteiger partial charge in [-0.05, 0) is 31.0 Å². The van der Waals surface area contributed by atoms with E-state index in [1.54, 1.807) is 0 Å². The fourth-order valence-electron chi connectivity index (χ4n) is 2.12. The van der Waals surface area contributed by atoms with Crippen molar-refractivity contribution in [2.24, 2.45) is 0 Å². The largest absolute Gasteiger partial charge is 0.437 e. The number of aromatic nitrogens is 1. The number of hydrogen-bond donors (Lipinski definition) is 3. The number of nitrogens with zero attached hydrogens (tertiary/aromatic N) is 1. The SMILES string of the molecule is O=c1[c]cc2cc(S(=O)(=O)NC3CC3)c(Cl)cc2n1P(=O)(O)O. The third-order valence-electron chi connectivity index (χ3n) is 3.30. The molecule has 1 saturated carbocycles. The summed E-state index contributed by atoms with van der Waals surface area (Å²) in [6.07, 6.45) is 1.49. The van der Waals surface area contributed by atoms with Gasteiger partial charge < -0.3 is 9.79 Å². The molecular weight excluding hydrogens is 367 g/mol. The second kappa shape index (κ2) is 5.41. The van der Waals surface area contributed by atoms with Crippen LogP contribution in [0.5, 0.6) is 0 Å². The Morgan fingerprint density at radius 2 is 2.00 bits per heavy atom. The maximum Gasteiger partial charge on any atom is 0.437 e. The lowest BCUT2D eigenvalue weighted by atomic mass is 10.2. The van der Waals surface area contributed by atoms with Crippen molar-refractivity contribution in [3.63, 3.8) is 0 Å². The number of rotatable bonds is 4. The lowest BCUT2D eigenvalue weighted by Crippen LogP contribution is -2.26. The Balaban J connectivity index is 2.26. The molecule has 23 heavy (non-hydrogen) atoms. The maximum atomic E-state index is 12.3. The van der Waals surface area contributed by atoms with Gasteiger partial charge in [-0.15, -0.1) is 0 Å². The number of fused-ring (bicyclic) bond motifs is 1. The molecule has 0 amide bonds. The molecule has 3 N–H and O–H groups in total. The molecule has 2 aromatic rings. The van der Waals surface area contributed by atoms with Crippen molar-refractivity contribution >= 4 is 40.3 Å². The summed E-state index contributed by atoms with van der Waals surface area (Å²) in [6, 6.07) is 5.40. The van der Waals surface area contributed by atoms with Crippen LogP contribution in [-0.4, -0.2) is 28.6 Å². The van der Waals surface area contributed by atoms with Gasteiger partial charge in [0.1, 0.15) is 4.90 Å². The number of benzene rings is 1. The van der Waals surface area contributed by atoms with Crippen LogP contribution in [0.2, 0.25) is 5.02 Å². The van der Waals surface area contributed by atoms with Crippen molar-refractivity contribution in [3.8, 4) is 0 Å². The van der Waals surface area contributed by atoms with Gasteiger partial charge in [0.25, 0.3) is 5.56 Å². The predicted molar refractivity (Wildman–Crippen MR) is 82.8 cm³/mol. The van der Waals surface area contributed by atoms with E-state index in [4.69, 9.17) is 11.6 Å². The summed E-state index contributed by atoms with van der Waals surface area (Å²) in [7, 11) is -8.80. The van der Waals surface area contributed by atoms with E-state index >= 15 is 0 Å². The molecule has 8 nitrogen and oxygen atoms in total. The normalized spacial score (nSPS) is 16.0. The lowest BCUT2D eigenvalue weighted by Gasteiger charge is -2.13. The van der Waals surface area contributed by atoms with Crippen molar-refractivity contribution in [3.05, 3.63) is 39.6 Å². The van der Waals surface area contributed by atoms with Gasteiger partial charge in [0, 0.05) is 11.4 Å². The van der Waals surface area contributed by atoms with Crippen LogP contribution in [0.3, 0.4) is 0 Å². The van der Waals surface area contributed by atoms with Crippen LogP contribution in [0, 0.1) is 6.07 Å². The van der Waals surface area contributed by atoms with Gasteiger partial charge in [-0.25, -0.2) is 22.0 Å². The van der Waals surface area contributed by atoms with E-state index in [0.717, 1.165) is 31.0 Å². The van der Waals surface area contributed by atoms with E-state index in [9.17, 15) is 27.6 Å². The van der Waals surface area contributed by atoms with Crippen LogP contribution in [-0.2, 0) is 14.6 Å². The molecule has 0 spiro atoms. The topological polar surface area (TPSA) is 126 Å². The molecule has 0 bridgehead atoms. The number of pyridine rings is 1. The summed E-state index contributed by atoms with van der Waals surface area (Å²) < 4.78 is 38.7. The number of nitrogens with one attached hydrogen (secondary N) is 1. The predicted octanol–water partition coefficient (Wildman–Crippen LogP) is 0.837. The van der Waals surface area contributed by atoms with Gasteiger partial charge in [-0.2, -0.15) is 0 Å². The molecule has 1 radical (unpaired) electrons. The first-order valence-electron chi connectivity index (χ1n) is 6.45. The number of sulfonamides is 1. The maximum absolute atomic E-state index is 12.3. The molecule has 123 valence electrons. The Morgan fingerprint density at radius 3 is 2.57 bits per heavy atom. The zero-order valence-corrected chi connectivity index (χ0v) is 13.9. The smallest absolute Gasteiger partial charge is 0.308 e. The summed E-state index contributed by atoms with van der Waals surface area (Å²) >= 11 is 5.97. The average Bonchev–Trinajstić information content (AvgIpc) is 3.19. The molecule has 1 aliphatic rings. The van der Waals surface area contributed by atoms with E-state index in [0.29, 0.717) is 0 Å². The minimum absolute atomic E-state index is 0.119. The molecule has 1 fully saturated rings. The van der Waals surface area contributed by atoms with Crippen LogP contribution in [0.15, 0.2) is 27.9 Å². The van der Waals surface area contributed by atoms with Gasteiger partial charge in [0.05, 0.1) is 16.6 Å². The van der Waals surface area contributed by atoms with E-state index in [1.165, 1.54) is 0 Å². The third-order valence-corrected chi connectivity index (χ3v) is 6.21. The number of halogens is 1. The van der Waals surface area contributed by atoms with Crippen molar-refractivity contribution in [2.45, 2.75) is 23.8 Å². The third kappa shape index (κ3) is 3.21. The molecular formula is C12H11ClN2O6PS. The molecule has 1 aromatic carbocycles. The summed E-state index contributed by atoms with van der Waals surface area (Å²) in [5.74, 6) is 0. The number of hydrogen-bond acceptors (Lipinski definition) is 4. The second-order valence-corrected chi connectivity index (χ2v) is 8.67. The molecule has 0 atom stereocenters. The molecule has 1 heterocycles. The van der Waals surface area contributed by atoms with E-state index in [1.807, 2.05) is 0 Å². The Hall–Kier alpha value is -1.22. The van der Waals surface area contributed by atoms with Crippen molar-refractivity contribution < 1.29 is 22.8 Å². The first-order valence-corrected chi connectivity index (χ1v) is 9.88. The standard InChI is InChI=1S/C12H11ClN2O6PS/c13-9-6-10-7(1-4-12(16)15(10)22(17,18)19)5-11(9)23(20,21)14-8-2-3-8/h1,5-6,8,14H,2-3H2,(H2,17,18,19). The van der Waals surface area contributed by atoms with Gasteiger partial charge >= 0.3 is 7.75 Å². The van der Waals surface area contributed by atoms with E-state index in [2.05, 4.69) is 10.8 Å². The van der Waals surface area contributed by atoms with Crippen LogP contribution in [0.25, 0.3) is 10.9 Å². The van der Waals surface area contributed by atoms with Crippen molar-refractivity contribution in [2.75, 3.05) is 0 Å². The highest BCUT2D eigenvalue weighted by Gasteiger charge is 2.30. The zero-order valence-electron chi connectivity index (χ0n) is 11.4. The van der Waals surface area contributed by atoms with Gasteiger partial charge in [0.2, 0.25) is 10.0 Å². The first kappa shape index (κ1) is 16.6. The molecule has 11 heteroatoms. The summed E-state index contributed by atoms with van der Waals surface area (Å²) in [5, 5.41) is -0.119. The Labute approximate surface area is 136 Å². The summed E-state index contributed by atoms with van der Waals surface area (Å²) in [6.45, 7) is 0. The van der Waals surface area contributed by atoms with Gasteiger partial charge in [0.15, 0.2) is 0 Å². The van der Waals surface area contributed by atoms with Crippen LogP contribution >= 0.6 is 19.3 Å². The highest BCUT2D eigenvalue weighted by molar-refractivity contribution is 7.89. The highest BCUT2D eigenvalue weighted by atomic mass is 35.5. The van der Waals surface area contributed by atoms with Gasteiger partial charge in [-0.1, -0.05) is 11.6 Å². The zero-order chi connectivity index (χ0) is 17.0. The minimum Gasteiger partial charge on any atom is -0.308 e. The molecule has 0 unspecified atom stereocenters. The molecule has 0 aliphatic heterocycles. The summed E-state index contributed by atoms with van der Waals surface area (Å²) in [5.41, 5.74) is -1.20. The van der Waals surface area contributed by atoms with Crippen LogP contribution in [0.1, 0.15) is 12.8 Å². The van der Waals surface area contributed by atoms with Crippen molar-refractivity contribution in [1.82, 2.24) is 9.06 Å². The fraction of sp³-hybridized carbons (Fsp3) is 0.250. The molecule has 0 saturated heterocycles. The second-order valence-electron chi connectivity index (χ2n) is 5.16. The Kier molecular flexibility index (Phi) is 3.91. The Morgan fingerprint density at radius 1 is 1.35 bits per heavy atom. The van der Waals surface area contributed by atoms with E-state index in [-0.39, 0.29) is 31.2 Å². The fourth-order valence-corrected chi connectivity index (χ4v) is 4.73. The monoisotopic (exact) mass is 377 g/mol. The minimum atomic E-state index is -4.94. The average molecular weight is 378 g/mol. The molecule has 1 aliphatic carbocycles. The summed E-state index contributed by atoms with van der Waals surface area (Å²) in [4.78, 5) is 30.0. The molecule has 1 aromatic heterocycles. The first-order chi connectivity index (χ1) is 10.6. The van der Waals surface area contributed by atoms with Crippen molar-refractivity contribution in [1.29, 1.82) is 0 Å². The lowest BCUT2D eigenvalue weighted by molar-refractivity contribution is 0.361. The van der Waals surface area contributed by atoms with Crippen LogP contribution < -0.4 is 10.3 Å².